The molecule has 0 amide bonds. The molecule has 0 aliphatic rings. The molecule has 2 aromatic rings. The van der Waals surface area contributed by atoms with E-state index in [0.29, 0.717) is 6.54 Å². The van der Waals surface area contributed by atoms with Crippen LogP contribution in [0.5, 0.6) is 0 Å². The summed E-state index contributed by atoms with van der Waals surface area (Å²) < 4.78 is 5.26. The maximum Gasteiger partial charge on any atom is 0.191 e. The van der Waals surface area contributed by atoms with E-state index in [0.717, 1.165) is 30.5 Å². The molecular formula is C13H19IN4OS. The van der Waals surface area contributed by atoms with Crippen molar-refractivity contribution in [2.45, 2.75) is 26.9 Å². The number of thiazole rings is 1. The zero-order chi connectivity index (χ0) is 13.5. The van der Waals surface area contributed by atoms with Crippen LogP contribution in [-0.2, 0) is 13.1 Å². The third kappa shape index (κ3) is 5.12. The van der Waals surface area contributed by atoms with E-state index in [-0.39, 0.29) is 24.0 Å². The monoisotopic (exact) mass is 406 g/mol. The van der Waals surface area contributed by atoms with Gasteiger partial charge in [-0.3, -0.25) is 0 Å². The second-order valence-electron chi connectivity index (χ2n) is 3.99. The average molecular weight is 406 g/mol. The fourth-order valence-electron chi connectivity index (χ4n) is 1.56. The Bertz CT molecular complexity index is 524. The number of halogens is 1. The van der Waals surface area contributed by atoms with Crippen LogP contribution >= 0.6 is 35.3 Å². The fourth-order valence-corrected chi connectivity index (χ4v) is 2.28. The number of furan rings is 1. The number of guanidine groups is 1. The Morgan fingerprint density at radius 3 is 2.90 bits per heavy atom. The molecule has 0 spiro atoms. The Hall–Kier alpha value is -1.09. The van der Waals surface area contributed by atoms with E-state index in [1.807, 2.05) is 31.5 Å². The molecule has 110 valence electrons. The first-order valence-corrected chi connectivity index (χ1v) is 7.11. The van der Waals surface area contributed by atoms with Crippen molar-refractivity contribution < 1.29 is 4.42 Å². The zero-order valence-corrected chi connectivity index (χ0v) is 14.7. The number of hydrogen-bond acceptors (Lipinski definition) is 4. The van der Waals surface area contributed by atoms with E-state index in [9.17, 15) is 0 Å². The summed E-state index contributed by atoms with van der Waals surface area (Å²) >= 11 is 1.65. The fraction of sp³-hybridized carbons (Fsp3) is 0.385. The lowest BCUT2D eigenvalue weighted by atomic mass is 10.4. The third-order valence-electron chi connectivity index (χ3n) is 2.58. The molecule has 2 aromatic heterocycles. The van der Waals surface area contributed by atoms with Crippen LogP contribution < -0.4 is 10.6 Å². The van der Waals surface area contributed by atoms with Gasteiger partial charge in [-0.1, -0.05) is 0 Å². The summed E-state index contributed by atoms with van der Waals surface area (Å²) in [6.45, 7) is 6.15. The van der Waals surface area contributed by atoms with E-state index in [2.05, 4.69) is 20.6 Å². The maximum absolute atomic E-state index is 5.26. The Morgan fingerprint density at radius 1 is 1.45 bits per heavy atom. The van der Waals surface area contributed by atoms with Crippen LogP contribution in [0.15, 0.2) is 33.3 Å². The second kappa shape index (κ2) is 8.96. The van der Waals surface area contributed by atoms with Crippen molar-refractivity contribution in [1.82, 2.24) is 15.6 Å². The maximum atomic E-state index is 5.26. The zero-order valence-electron chi connectivity index (χ0n) is 11.5. The van der Waals surface area contributed by atoms with Gasteiger partial charge in [0.15, 0.2) is 5.96 Å². The SMILES string of the molecule is CCNC(=NCc1ccco1)NCc1scnc1C.I. The highest BCUT2D eigenvalue weighted by atomic mass is 127. The molecule has 0 radical (unpaired) electrons. The number of hydrogen-bond donors (Lipinski definition) is 2. The van der Waals surface area contributed by atoms with Crippen LogP contribution in [0.1, 0.15) is 23.3 Å². The van der Waals surface area contributed by atoms with Gasteiger partial charge in [-0.05, 0) is 26.0 Å². The van der Waals surface area contributed by atoms with Crippen LogP contribution in [0.3, 0.4) is 0 Å². The highest BCUT2D eigenvalue weighted by Crippen LogP contribution is 2.11. The molecule has 0 aromatic carbocycles. The molecule has 0 aliphatic carbocycles. The number of aryl methyl sites for hydroxylation is 1. The number of rotatable bonds is 5. The van der Waals surface area contributed by atoms with Gasteiger partial charge in [0.1, 0.15) is 12.3 Å². The van der Waals surface area contributed by atoms with Crippen molar-refractivity contribution in [3.05, 3.63) is 40.2 Å². The summed E-state index contributed by atoms with van der Waals surface area (Å²) in [5.74, 6) is 1.64. The molecule has 7 heteroatoms. The van der Waals surface area contributed by atoms with Gasteiger partial charge in [-0.15, -0.1) is 35.3 Å². The normalized spacial score (nSPS) is 11.0. The lowest BCUT2D eigenvalue weighted by Gasteiger charge is -2.10. The minimum atomic E-state index is 0. The number of nitrogens with zero attached hydrogens (tertiary/aromatic N) is 2. The van der Waals surface area contributed by atoms with Gasteiger partial charge in [-0.2, -0.15) is 0 Å². The van der Waals surface area contributed by atoms with Gasteiger partial charge in [0.05, 0.1) is 24.0 Å². The van der Waals surface area contributed by atoms with Gasteiger partial charge in [-0.25, -0.2) is 9.98 Å². The first kappa shape index (κ1) is 17.0. The molecule has 2 N–H and O–H groups in total. The Kier molecular flexibility index (Phi) is 7.60. The minimum Gasteiger partial charge on any atom is -0.467 e. The van der Waals surface area contributed by atoms with E-state index >= 15 is 0 Å². The van der Waals surface area contributed by atoms with Gasteiger partial charge in [0.25, 0.3) is 0 Å². The van der Waals surface area contributed by atoms with Crippen molar-refractivity contribution in [3.63, 3.8) is 0 Å². The first-order valence-electron chi connectivity index (χ1n) is 6.23. The molecule has 20 heavy (non-hydrogen) atoms. The molecule has 2 rings (SSSR count). The smallest absolute Gasteiger partial charge is 0.191 e. The number of aromatic nitrogens is 1. The molecule has 5 nitrogen and oxygen atoms in total. The van der Waals surface area contributed by atoms with E-state index in [4.69, 9.17) is 4.42 Å². The van der Waals surface area contributed by atoms with E-state index in [1.54, 1.807) is 17.6 Å². The molecule has 0 aliphatic heterocycles. The largest absolute Gasteiger partial charge is 0.467 e. The predicted molar refractivity (Wildman–Crippen MR) is 92.6 cm³/mol. The summed E-state index contributed by atoms with van der Waals surface area (Å²) in [5, 5.41) is 6.50. The Morgan fingerprint density at radius 2 is 2.30 bits per heavy atom. The van der Waals surface area contributed by atoms with Gasteiger partial charge in [0.2, 0.25) is 0 Å². The Balaban J connectivity index is 0.00000200. The van der Waals surface area contributed by atoms with E-state index < -0.39 is 0 Å². The molecule has 2 heterocycles. The topological polar surface area (TPSA) is 62.5 Å². The standard InChI is InChI=1S/C13H18N4OS.HI/c1-3-14-13(15-7-11-5-4-6-18-11)16-8-12-10(2)17-9-19-12;/h4-6,9H,3,7-8H2,1-2H3,(H2,14,15,16);1H. The molecular weight excluding hydrogens is 387 g/mol. The summed E-state index contributed by atoms with van der Waals surface area (Å²) in [6, 6.07) is 3.78. The van der Waals surface area contributed by atoms with Gasteiger partial charge >= 0.3 is 0 Å². The first-order chi connectivity index (χ1) is 9.29. The van der Waals surface area contributed by atoms with Crippen molar-refractivity contribution in [2.24, 2.45) is 4.99 Å². The Labute approximate surface area is 139 Å². The lowest BCUT2D eigenvalue weighted by molar-refractivity contribution is 0.512. The van der Waals surface area contributed by atoms with Crippen LogP contribution in [0.4, 0.5) is 0 Å². The quantitative estimate of drug-likeness (QED) is 0.456. The predicted octanol–water partition coefficient (Wildman–Crippen LogP) is 2.92. The van der Waals surface area contributed by atoms with Crippen molar-refractivity contribution >= 4 is 41.3 Å². The third-order valence-corrected chi connectivity index (χ3v) is 3.51. The van der Waals surface area contributed by atoms with Crippen LogP contribution in [0, 0.1) is 6.92 Å². The highest BCUT2D eigenvalue weighted by molar-refractivity contribution is 14.0. The summed E-state index contributed by atoms with van der Waals surface area (Å²) in [7, 11) is 0. The van der Waals surface area contributed by atoms with E-state index in [1.165, 1.54) is 4.88 Å². The molecule has 0 bridgehead atoms. The summed E-state index contributed by atoms with van der Waals surface area (Å²) in [6.07, 6.45) is 1.66. The minimum absolute atomic E-state index is 0. The highest BCUT2D eigenvalue weighted by Gasteiger charge is 2.03. The molecule has 0 fully saturated rings. The van der Waals surface area contributed by atoms with Gasteiger partial charge < -0.3 is 15.1 Å². The molecule has 0 saturated heterocycles. The van der Waals surface area contributed by atoms with Crippen LogP contribution in [0.2, 0.25) is 0 Å². The van der Waals surface area contributed by atoms with Crippen LogP contribution in [0.25, 0.3) is 0 Å². The van der Waals surface area contributed by atoms with Crippen LogP contribution in [-0.4, -0.2) is 17.5 Å². The summed E-state index contributed by atoms with van der Waals surface area (Å²) in [4.78, 5) is 9.93. The number of nitrogens with one attached hydrogen (secondary N) is 2. The van der Waals surface area contributed by atoms with Gasteiger partial charge in [0, 0.05) is 11.4 Å². The molecule has 0 unspecified atom stereocenters. The average Bonchev–Trinajstić information content (AvgIpc) is 3.04. The van der Waals surface area contributed by atoms with Crippen molar-refractivity contribution in [2.75, 3.05) is 6.54 Å². The van der Waals surface area contributed by atoms with Crippen molar-refractivity contribution in [3.8, 4) is 0 Å². The lowest BCUT2D eigenvalue weighted by Crippen LogP contribution is -2.36. The second-order valence-corrected chi connectivity index (χ2v) is 4.93. The number of aliphatic imine (C=N–C) groups is 1. The molecule has 0 atom stereocenters. The van der Waals surface area contributed by atoms with Crippen molar-refractivity contribution in [1.29, 1.82) is 0 Å². The summed E-state index contributed by atoms with van der Waals surface area (Å²) in [5.41, 5.74) is 2.93. The molecule has 0 saturated carbocycles.